The van der Waals surface area contributed by atoms with Crippen molar-refractivity contribution in [2.24, 2.45) is 0 Å². The number of nitrogens with zero attached hydrogens (tertiary/aromatic N) is 3. The first-order valence-electron chi connectivity index (χ1n) is 8.82. The highest BCUT2D eigenvalue weighted by molar-refractivity contribution is 6.04. The molecule has 0 fully saturated rings. The highest BCUT2D eigenvalue weighted by Gasteiger charge is 2.18. The van der Waals surface area contributed by atoms with Crippen LogP contribution < -0.4 is 10.9 Å². The molecule has 4 rings (SSSR count). The van der Waals surface area contributed by atoms with Gasteiger partial charge in [-0.3, -0.25) is 14.3 Å². The average Bonchev–Trinajstić information content (AvgIpc) is 3.07. The van der Waals surface area contributed by atoms with E-state index in [1.54, 1.807) is 29.1 Å². The van der Waals surface area contributed by atoms with Crippen LogP contribution in [-0.4, -0.2) is 20.3 Å². The van der Waals surface area contributed by atoms with Crippen molar-refractivity contribution in [3.8, 4) is 0 Å². The summed E-state index contributed by atoms with van der Waals surface area (Å²) in [6.45, 7) is 1.31. The Hall–Kier alpha value is -3.15. The normalized spacial score (nSPS) is 13.2. The van der Waals surface area contributed by atoms with Crippen molar-refractivity contribution in [2.45, 2.75) is 32.4 Å². The molecule has 0 bridgehead atoms. The standard InChI is InChI=1S/C20H20N4O2/c25-19(22-17-13-21-24-12-5-4-10-18(17)24)16-9-6-11-23(20(16)26)14-15-7-2-1-3-8-15/h1-3,6-9,11,13H,4-5,10,12,14H2,(H,22,25). The Morgan fingerprint density at radius 1 is 1.12 bits per heavy atom. The minimum Gasteiger partial charge on any atom is -0.319 e. The zero-order valence-corrected chi connectivity index (χ0v) is 14.4. The Morgan fingerprint density at radius 2 is 1.96 bits per heavy atom. The summed E-state index contributed by atoms with van der Waals surface area (Å²) in [5, 5.41) is 7.18. The Kier molecular flexibility index (Phi) is 4.39. The summed E-state index contributed by atoms with van der Waals surface area (Å²) in [6.07, 6.45) is 6.45. The lowest BCUT2D eigenvalue weighted by molar-refractivity contribution is 0.102. The third kappa shape index (κ3) is 3.18. The van der Waals surface area contributed by atoms with Crippen molar-refractivity contribution in [3.05, 3.63) is 82.0 Å². The molecule has 26 heavy (non-hydrogen) atoms. The maximum atomic E-state index is 12.7. The Morgan fingerprint density at radius 3 is 2.81 bits per heavy atom. The van der Waals surface area contributed by atoms with Crippen LogP contribution in [0.15, 0.2) is 59.7 Å². The first kappa shape index (κ1) is 16.3. The SMILES string of the molecule is O=C(Nc1cnn2c1CCCC2)c1cccn(Cc2ccccc2)c1=O. The molecule has 1 aliphatic rings. The lowest BCUT2D eigenvalue weighted by Gasteiger charge is -2.15. The van der Waals surface area contributed by atoms with Crippen molar-refractivity contribution in [1.82, 2.24) is 14.3 Å². The molecule has 1 N–H and O–H groups in total. The highest BCUT2D eigenvalue weighted by Crippen LogP contribution is 2.22. The predicted octanol–water partition coefficient (Wildman–Crippen LogP) is 2.68. The van der Waals surface area contributed by atoms with E-state index in [0.29, 0.717) is 12.2 Å². The number of hydrogen-bond acceptors (Lipinski definition) is 3. The number of hydrogen-bond donors (Lipinski definition) is 1. The number of fused-ring (bicyclic) bond motifs is 1. The van der Waals surface area contributed by atoms with Crippen LogP contribution in [0.25, 0.3) is 0 Å². The fourth-order valence-electron chi connectivity index (χ4n) is 3.33. The molecular formula is C20H20N4O2. The number of carbonyl (C=O) groups is 1. The second-order valence-electron chi connectivity index (χ2n) is 6.48. The van der Waals surface area contributed by atoms with Crippen LogP contribution in [0.2, 0.25) is 0 Å². The molecule has 6 heteroatoms. The van der Waals surface area contributed by atoms with Crippen LogP contribution in [0.4, 0.5) is 5.69 Å². The van der Waals surface area contributed by atoms with Crippen LogP contribution in [-0.2, 0) is 19.5 Å². The molecule has 6 nitrogen and oxygen atoms in total. The van der Waals surface area contributed by atoms with Crippen LogP contribution in [0.1, 0.15) is 34.5 Å². The van der Waals surface area contributed by atoms with E-state index in [4.69, 9.17) is 0 Å². The molecule has 1 aromatic carbocycles. The van der Waals surface area contributed by atoms with E-state index in [-0.39, 0.29) is 11.1 Å². The van der Waals surface area contributed by atoms with Gasteiger partial charge in [0.1, 0.15) is 5.56 Å². The van der Waals surface area contributed by atoms with E-state index in [9.17, 15) is 9.59 Å². The quantitative estimate of drug-likeness (QED) is 0.788. The Bertz CT molecular complexity index is 989. The Balaban J connectivity index is 1.58. The fraction of sp³-hybridized carbons (Fsp3) is 0.250. The third-order valence-corrected chi connectivity index (χ3v) is 4.69. The van der Waals surface area contributed by atoms with E-state index >= 15 is 0 Å². The summed E-state index contributed by atoms with van der Waals surface area (Å²) in [5.74, 6) is -0.390. The maximum absolute atomic E-state index is 12.7. The van der Waals surface area contributed by atoms with Crippen LogP contribution in [0.3, 0.4) is 0 Å². The number of nitrogens with one attached hydrogen (secondary N) is 1. The first-order chi connectivity index (χ1) is 12.7. The van der Waals surface area contributed by atoms with E-state index in [1.165, 1.54) is 0 Å². The predicted molar refractivity (Wildman–Crippen MR) is 99.4 cm³/mol. The zero-order chi connectivity index (χ0) is 17.9. The molecular weight excluding hydrogens is 328 g/mol. The summed E-state index contributed by atoms with van der Waals surface area (Å²) in [6, 6.07) is 13.0. The number of aryl methyl sites for hydroxylation is 1. The summed E-state index contributed by atoms with van der Waals surface area (Å²) in [7, 11) is 0. The van der Waals surface area contributed by atoms with Gasteiger partial charge >= 0.3 is 0 Å². The second-order valence-corrected chi connectivity index (χ2v) is 6.48. The second kappa shape index (κ2) is 7.00. The van der Waals surface area contributed by atoms with Crippen molar-refractivity contribution in [1.29, 1.82) is 0 Å². The van der Waals surface area contributed by atoms with Crippen LogP contribution in [0.5, 0.6) is 0 Å². The molecule has 0 atom stereocenters. The van der Waals surface area contributed by atoms with Gasteiger partial charge in [-0.1, -0.05) is 30.3 Å². The number of aromatic nitrogens is 3. The topological polar surface area (TPSA) is 68.9 Å². The number of benzene rings is 1. The van der Waals surface area contributed by atoms with Gasteiger partial charge in [0.05, 0.1) is 24.1 Å². The van der Waals surface area contributed by atoms with Gasteiger partial charge in [-0.2, -0.15) is 5.10 Å². The van der Waals surface area contributed by atoms with Crippen LogP contribution >= 0.6 is 0 Å². The summed E-state index contributed by atoms with van der Waals surface area (Å²) in [5.41, 5.74) is 2.59. The van der Waals surface area contributed by atoms with Gasteiger partial charge in [0.15, 0.2) is 0 Å². The largest absolute Gasteiger partial charge is 0.319 e. The number of rotatable bonds is 4. The number of carbonyl (C=O) groups excluding carboxylic acids is 1. The molecule has 132 valence electrons. The molecule has 1 amide bonds. The van der Waals surface area contributed by atoms with Crippen LogP contribution in [0, 0.1) is 0 Å². The number of amides is 1. The third-order valence-electron chi connectivity index (χ3n) is 4.69. The van der Waals surface area contributed by atoms with Gasteiger partial charge in [-0.25, -0.2) is 0 Å². The minimum absolute atomic E-state index is 0.138. The minimum atomic E-state index is -0.390. The summed E-state index contributed by atoms with van der Waals surface area (Å²) in [4.78, 5) is 25.4. The molecule has 2 aromatic heterocycles. The number of pyridine rings is 1. The molecule has 0 saturated carbocycles. The summed E-state index contributed by atoms with van der Waals surface area (Å²) >= 11 is 0. The molecule has 3 aromatic rings. The molecule has 0 saturated heterocycles. The molecule has 0 radical (unpaired) electrons. The lowest BCUT2D eigenvalue weighted by Crippen LogP contribution is -2.29. The van der Waals surface area contributed by atoms with E-state index in [1.807, 2.05) is 35.0 Å². The number of anilines is 1. The fourth-order valence-corrected chi connectivity index (χ4v) is 3.33. The van der Waals surface area contributed by atoms with Crippen molar-refractivity contribution in [3.63, 3.8) is 0 Å². The highest BCUT2D eigenvalue weighted by atomic mass is 16.2. The Labute approximate surface area is 151 Å². The van der Waals surface area contributed by atoms with E-state index in [0.717, 1.165) is 37.1 Å². The van der Waals surface area contributed by atoms with E-state index in [2.05, 4.69) is 10.4 Å². The van der Waals surface area contributed by atoms with Crippen molar-refractivity contribution in [2.75, 3.05) is 5.32 Å². The zero-order valence-electron chi connectivity index (χ0n) is 14.4. The van der Waals surface area contributed by atoms with Crippen molar-refractivity contribution >= 4 is 11.6 Å². The van der Waals surface area contributed by atoms with Gasteiger partial charge in [0, 0.05) is 12.7 Å². The molecule has 3 heterocycles. The maximum Gasteiger partial charge on any atom is 0.263 e. The van der Waals surface area contributed by atoms with Crippen molar-refractivity contribution < 1.29 is 4.79 Å². The van der Waals surface area contributed by atoms with Gasteiger partial charge < -0.3 is 9.88 Å². The lowest BCUT2D eigenvalue weighted by atomic mass is 10.1. The van der Waals surface area contributed by atoms with E-state index < -0.39 is 5.91 Å². The molecule has 0 unspecified atom stereocenters. The summed E-state index contributed by atoms with van der Waals surface area (Å²) < 4.78 is 3.48. The average molecular weight is 348 g/mol. The monoisotopic (exact) mass is 348 g/mol. The van der Waals surface area contributed by atoms with Gasteiger partial charge in [0.25, 0.3) is 11.5 Å². The smallest absolute Gasteiger partial charge is 0.263 e. The first-order valence-corrected chi connectivity index (χ1v) is 8.82. The van der Waals surface area contributed by atoms with Gasteiger partial charge in [-0.15, -0.1) is 0 Å². The van der Waals surface area contributed by atoms with Gasteiger partial charge in [0.2, 0.25) is 0 Å². The van der Waals surface area contributed by atoms with Gasteiger partial charge in [-0.05, 0) is 37.0 Å². The molecule has 1 aliphatic heterocycles. The molecule has 0 aliphatic carbocycles. The molecule has 0 spiro atoms.